The van der Waals surface area contributed by atoms with E-state index in [2.05, 4.69) is 23.8 Å². The molecule has 0 aliphatic carbocycles. The molecule has 0 heterocycles. The van der Waals surface area contributed by atoms with E-state index in [0.29, 0.717) is 6.04 Å². The summed E-state index contributed by atoms with van der Waals surface area (Å²) in [5, 5.41) is 0. The van der Waals surface area contributed by atoms with Crippen molar-refractivity contribution in [3.8, 4) is 0 Å². The van der Waals surface area contributed by atoms with E-state index < -0.39 is 0 Å². The fourth-order valence-corrected chi connectivity index (χ4v) is 0.883. The van der Waals surface area contributed by atoms with Crippen LogP contribution < -0.4 is 0 Å². The quantitative estimate of drug-likeness (QED) is 0.430. The standard InChI is InChI=1S/C10H20N2/c1-4-6-8-11-9-7-10(3)12-5-2/h5,9-10H,4,6-8H2,1-3H3. The van der Waals surface area contributed by atoms with Crippen molar-refractivity contribution in [2.75, 3.05) is 6.54 Å². The van der Waals surface area contributed by atoms with Crippen LogP contribution in [-0.4, -0.2) is 25.0 Å². The molecule has 0 aliphatic heterocycles. The molecule has 1 unspecified atom stereocenters. The smallest absolute Gasteiger partial charge is 0.0516 e. The first-order chi connectivity index (χ1) is 5.81. The van der Waals surface area contributed by atoms with Crippen LogP contribution in [0.15, 0.2) is 9.98 Å². The SMILES string of the molecule is CC=NC(C)CC=NCCCC. The third-order valence-electron chi connectivity index (χ3n) is 1.62. The van der Waals surface area contributed by atoms with Crippen LogP contribution in [0.25, 0.3) is 0 Å². The van der Waals surface area contributed by atoms with Crippen LogP contribution >= 0.6 is 0 Å². The van der Waals surface area contributed by atoms with Crippen LogP contribution in [0, 0.1) is 0 Å². The van der Waals surface area contributed by atoms with Crippen molar-refractivity contribution in [3.63, 3.8) is 0 Å². The first kappa shape index (κ1) is 11.3. The van der Waals surface area contributed by atoms with Crippen LogP contribution in [-0.2, 0) is 0 Å². The van der Waals surface area contributed by atoms with Gasteiger partial charge in [-0.25, -0.2) is 0 Å². The lowest BCUT2D eigenvalue weighted by atomic mass is 10.2. The molecule has 0 radical (unpaired) electrons. The number of hydrogen-bond acceptors (Lipinski definition) is 2. The van der Waals surface area contributed by atoms with Gasteiger partial charge in [0.15, 0.2) is 0 Å². The van der Waals surface area contributed by atoms with Gasteiger partial charge in [0, 0.05) is 19.2 Å². The Morgan fingerprint density at radius 1 is 1.42 bits per heavy atom. The highest BCUT2D eigenvalue weighted by Gasteiger charge is 1.91. The highest BCUT2D eigenvalue weighted by atomic mass is 14.8. The van der Waals surface area contributed by atoms with E-state index in [9.17, 15) is 0 Å². The first-order valence-corrected chi connectivity index (χ1v) is 4.77. The van der Waals surface area contributed by atoms with Crippen molar-refractivity contribution < 1.29 is 0 Å². The lowest BCUT2D eigenvalue weighted by Gasteiger charge is -1.98. The number of nitrogens with zero attached hydrogens (tertiary/aromatic N) is 2. The highest BCUT2D eigenvalue weighted by molar-refractivity contribution is 5.59. The van der Waals surface area contributed by atoms with Crippen LogP contribution in [0.4, 0.5) is 0 Å². The molecule has 0 saturated heterocycles. The second-order valence-electron chi connectivity index (χ2n) is 2.93. The summed E-state index contributed by atoms with van der Waals surface area (Å²) >= 11 is 0. The van der Waals surface area contributed by atoms with Gasteiger partial charge in [-0.15, -0.1) is 0 Å². The minimum atomic E-state index is 0.389. The zero-order valence-electron chi connectivity index (χ0n) is 8.45. The molecule has 0 saturated carbocycles. The van der Waals surface area contributed by atoms with Gasteiger partial charge >= 0.3 is 0 Å². The summed E-state index contributed by atoms with van der Waals surface area (Å²) in [7, 11) is 0. The van der Waals surface area contributed by atoms with Crippen LogP contribution in [0.2, 0.25) is 0 Å². The number of aliphatic imine (C=N–C) groups is 2. The lowest BCUT2D eigenvalue weighted by molar-refractivity contribution is 0.777. The van der Waals surface area contributed by atoms with Gasteiger partial charge in [0.1, 0.15) is 0 Å². The average molecular weight is 168 g/mol. The van der Waals surface area contributed by atoms with Crippen LogP contribution in [0.5, 0.6) is 0 Å². The maximum absolute atomic E-state index is 4.28. The Bertz CT molecular complexity index is 139. The molecule has 12 heavy (non-hydrogen) atoms. The average Bonchev–Trinajstić information content (AvgIpc) is 2.05. The highest BCUT2D eigenvalue weighted by Crippen LogP contribution is 1.93. The molecular weight excluding hydrogens is 148 g/mol. The van der Waals surface area contributed by atoms with E-state index in [0.717, 1.165) is 13.0 Å². The molecule has 2 heteroatoms. The Balaban J connectivity index is 3.33. The van der Waals surface area contributed by atoms with Crippen molar-refractivity contribution in [2.45, 2.75) is 46.1 Å². The van der Waals surface area contributed by atoms with Crippen molar-refractivity contribution in [3.05, 3.63) is 0 Å². The van der Waals surface area contributed by atoms with Gasteiger partial charge in [-0.2, -0.15) is 0 Å². The molecule has 0 amide bonds. The molecule has 70 valence electrons. The molecule has 0 N–H and O–H groups in total. The van der Waals surface area contributed by atoms with Gasteiger partial charge in [-0.05, 0) is 26.5 Å². The second-order valence-corrected chi connectivity index (χ2v) is 2.93. The van der Waals surface area contributed by atoms with E-state index >= 15 is 0 Å². The summed E-state index contributed by atoms with van der Waals surface area (Å²) < 4.78 is 0. The summed E-state index contributed by atoms with van der Waals surface area (Å²) in [5.41, 5.74) is 0. The number of hydrogen-bond donors (Lipinski definition) is 0. The zero-order chi connectivity index (χ0) is 9.23. The minimum absolute atomic E-state index is 0.389. The largest absolute Gasteiger partial charge is 0.297 e. The van der Waals surface area contributed by atoms with Crippen molar-refractivity contribution >= 4 is 12.4 Å². The van der Waals surface area contributed by atoms with Gasteiger partial charge < -0.3 is 0 Å². The maximum atomic E-state index is 4.28. The normalized spacial score (nSPS) is 14.6. The zero-order valence-corrected chi connectivity index (χ0v) is 8.45. The molecule has 0 aromatic carbocycles. The molecule has 0 aromatic heterocycles. The number of rotatable bonds is 6. The van der Waals surface area contributed by atoms with Crippen LogP contribution in [0.1, 0.15) is 40.0 Å². The Morgan fingerprint density at radius 3 is 2.75 bits per heavy atom. The summed E-state index contributed by atoms with van der Waals surface area (Å²) in [6.45, 7) is 7.20. The van der Waals surface area contributed by atoms with Gasteiger partial charge in [0.05, 0.1) is 6.04 Å². The topological polar surface area (TPSA) is 24.7 Å². The molecule has 0 bridgehead atoms. The first-order valence-electron chi connectivity index (χ1n) is 4.77. The third kappa shape index (κ3) is 7.45. The molecule has 0 aliphatic rings. The molecule has 0 spiro atoms. The fraction of sp³-hybridized carbons (Fsp3) is 0.800. The van der Waals surface area contributed by atoms with Crippen molar-refractivity contribution in [1.29, 1.82) is 0 Å². The van der Waals surface area contributed by atoms with E-state index in [1.54, 1.807) is 0 Å². The van der Waals surface area contributed by atoms with Gasteiger partial charge in [-0.3, -0.25) is 9.98 Å². The van der Waals surface area contributed by atoms with Crippen molar-refractivity contribution in [2.24, 2.45) is 9.98 Å². The fourth-order valence-electron chi connectivity index (χ4n) is 0.883. The lowest BCUT2D eigenvalue weighted by Crippen LogP contribution is -1.98. The van der Waals surface area contributed by atoms with Gasteiger partial charge in [0.2, 0.25) is 0 Å². The Labute approximate surface area is 75.8 Å². The predicted octanol–water partition coefficient (Wildman–Crippen LogP) is 2.73. The Morgan fingerprint density at radius 2 is 2.17 bits per heavy atom. The van der Waals surface area contributed by atoms with Gasteiger partial charge in [0.25, 0.3) is 0 Å². The van der Waals surface area contributed by atoms with Crippen molar-refractivity contribution in [1.82, 2.24) is 0 Å². The van der Waals surface area contributed by atoms with E-state index in [1.165, 1.54) is 12.8 Å². The van der Waals surface area contributed by atoms with E-state index in [1.807, 2.05) is 19.4 Å². The second kappa shape index (κ2) is 8.44. The third-order valence-corrected chi connectivity index (χ3v) is 1.62. The summed E-state index contributed by atoms with van der Waals surface area (Å²) in [6, 6.07) is 0.389. The predicted molar refractivity (Wildman–Crippen MR) is 56.5 cm³/mol. The van der Waals surface area contributed by atoms with Crippen LogP contribution in [0.3, 0.4) is 0 Å². The van der Waals surface area contributed by atoms with E-state index in [4.69, 9.17) is 0 Å². The Hall–Kier alpha value is -0.660. The summed E-state index contributed by atoms with van der Waals surface area (Å²) in [6.07, 6.45) is 7.23. The molecule has 0 fully saturated rings. The molecule has 0 aromatic rings. The molecular formula is C10H20N2. The van der Waals surface area contributed by atoms with E-state index in [-0.39, 0.29) is 0 Å². The summed E-state index contributed by atoms with van der Waals surface area (Å²) in [4.78, 5) is 8.51. The molecule has 2 nitrogen and oxygen atoms in total. The monoisotopic (exact) mass is 168 g/mol. The number of unbranched alkanes of at least 4 members (excludes halogenated alkanes) is 1. The molecule has 1 atom stereocenters. The minimum Gasteiger partial charge on any atom is -0.297 e. The Kier molecular flexibility index (Phi) is 7.97. The maximum Gasteiger partial charge on any atom is 0.0516 e. The van der Waals surface area contributed by atoms with Gasteiger partial charge in [-0.1, -0.05) is 13.3 Å². The molecule has 0 rings (SSSR count). The summed E-state index contributed by atoms with van der Waals surface area (Å²) in [5.74, 6) is 0.